The van der Waals surface area contributed by atoms with Crippen molar-refractivity contribution in [2.24, 2.45) is 0 Å². The highest BCUT2D eigenvalue weighted by atomic mass is 16.9. The molecule has 3 rings (SSSR count). The molecule has 6 nitrogen and oxygen atoms in total. The topological polar surface area (TPSA) is 70.0 Å². The molecular weight excluding hydrogens is 248 g/mol. The minimum atomic E-state index is -0.213. The summed E-state index contributed by atoms with van der Waals surface area (Å²) in [7, 11) is 0. The van der Waals surface area contributed by atoms with Crippen LogP contribution in [0.15, 0.2) is 12.2 Å². The minimum absolute atomic E-state index is 0.132. The van der Waals surface area contributed by atoms with E-state index in [9.17, 15) is 14.4 Å². The minimum Gasteiger partial charge on any atom is -0.313 e. The molecule has 0 unspecified atom stereocenters. The van der Waals surface area contributed by atoms with Gasteiger partial charge in [0.2, 0.25) is 0 Å². The highest BCUT2D eigenvalue weighted by molar-refractivity contribution is 6.13. The van der Waals surface area contributed by atoms with Crippen molar-refractivity contribution in [3.8, 4) is 0 Å². The molecule has 0 atom stereocenters. The quantitative estimate of drug-likeness (QED) is 0.562. The van der Waals surface area contributed by atoms with E-state index in [0.29, 0.717) is 0 Å². The molecule has 6 heteroatoms. The van der Waals surface area contributed by atoms with Crippen LogP contribution < -0.4 is 0 Å². The number of carbonyl (C=O) groups excluding carboxylic acids is 3. The van der Waals surface area contributed by atoms with E-state index in [4.69, 9.17) is 0 Å². The lowest BCUT2D eigenvalue weighted by Crippen LogP contribution is -2.38. The molecular formula is C13H18N2O4. The summed E-state index contributed by atoms with van der Waals surface area (Å²) in [6.07, 6.45) is 6.76. The van der Waals surface area contributed by atoms with E-state index in [1.165, 1.54) is 22.1 Å². The normalized spacial score (nSPS) is 21.9. The second-order valence-corrected chi connectivity index (χ2v) is 5.09. The molecule has 0 spiro atoms. The first-order valence-corrected chi connectivity index (χ1v) is 6.57. The van der Waals surface area contributed by atoms with Gasteiger partial charge in [-0.2, -0.15) is 0 Å². The maximum atomic E-state index is 11.2. The maximum absolute atomic E-state index is 11.2. The predicted molar refractivity (Wildman–Crippen MR) is 66.7 cm³/mol. The van der Waals surface area contributed by atoms with Crippen molar-refractivity contribution >= 4 is 17.9 Å². The Morgan fingerprint density at radius 2 is 1.58 bits per heavy atom. The fourth-order valence-corrected chi connectivity index (χ4v) is 2.31. The molecule has 0 aromatic rings. The first kappa shape index (κ1) is 13.6. The Hall–Kier alpha value is -1.85. The van der Waals surface area contributed by atoms with Crippen LogP contribution in [-0.4, -0.2) is 40.0 Å². The van der Waals surface area contributed by atoms with Crippen molar-refractivity contribution in [3.63, 3.8) is 0 Å². The average molecular weight is 266 g/mol. The summed E-state index contributed by atoms with van der Waals surface area (Å²) in [5.41, 5.74) is 0. The van der Waals surface area contributed by atoms with Gasteiger partial charge in [0, 0.05) is 18.2 Å². The lowest BCUT2D eigenvalue weighted by atomic mass is 10.2. The number of hydrogen-bond donors (Lipinski definition) is 0. The van der Waals surface area contributed by atoms with Gasteiger partial charge in [-0.15, -0.1) is 5.06 Å². The van der Waals surface area contributed by atoms with Gasteiger partial charge in [-0.05, 0) is 26.7 Å². The van der Waals surface area contributed by atoms with Gasteiger partial charge >= 0.3 is 6.09 Å². The van der Waals surface area contributed by atoms with Crippen LogP contribution in [0.3, 0.4) is 0 Å². The van der Waals surface area contributed by atoms with Gasteiger partial charge in [0.25, 0.3) is 11.8 Å². The monoisotopic (exact) mass is 266 g/mol. The molecule has 19 heavy (non-hydrogen) atoms. The second-order valence-electron chi connectivity index (χ2n) is 5.09. The van der Waals surface area contributed by atoms with Crippen LogP contribution in [0.1, 0.15) is 39.5 Å². The number of carbonyl (C=O) groups is 3. The summed E-state index contributed by atoms with van der Waals surface area (Å²) >= 11 is 0. The third kappa shape index (κ3) is 3.13. The number of imide groups is 1. The van der Waals surface area contributed by atoms with E-state index in [1.807, 2.05) is 13.8 Å². The van der Waals surface area contributed by atoms with Gasteiger partial charge in [-0.25, -0.2) is 4.79 Å². The molecule has 1 aliphatic carbocycles. The predicted octanol–water partition coefficient (Wildman–Crippen LogP) is 1.62. The number of nitrogens with zero attached hydrogens (tertiary/aromatic N) is 2. The van der Waals surface area contributed by atoms with Crippen molar-refractivity contribution < 1.29 is 19.2 Å². The molecule has 0 aromatic heterocycles. The average Bonchev–Trinajstić information content (AvgIpc) is 2.76. The van der Waals surface area contributed by atoms with Crippen LogP contribution in [0.4, 0.5) is 4.79 Å². The zero-order chi connectivity index (χ0) is 14.0. The highest BCUT2D eigenvalue weighted by Crippen LogP contribution is 2.25. The Kier molecular flexibility index (Phi) is 3.87. The summed E-state index contributed by atoms with van der Waals surface area (Å²) in [5, 5.41) is 1.32. The number of hydroxylamine groups is 2. The molecule has 104 valence electrons. The third-order valence-electron chi connectivity index (χ3n) is 3.33. The Morgan fingerprint density at radius 1 is 1.11 bits per heavy atom. The van der Waals surface area contributed by atoms with E-state index < -0.39 is 0 Å². The molecule has 2 heterocycles. The molecule has 0 bridgehead atoms. The second kappa shape index (κ2) is 5.42. The zero-order valence-corrected chi connectivity index (χ0v) is 11.2. The van der Waals surface area contributed by atoms with E-state index in [0.717, 1.165) is 25.7 Å². The Labute approximate surface area is 111 Å². The van der Waals surface area contributed by atoms with Crippen LogP contribution >= 0.6 is 0 Å². The molecule has 3 amide bonds. The molecule has 2 fully saturated rings. The molecule has 0 radical (unpaired) electrons. The van der Waals surface area contributed by atoms with Gasteiger partial charge in [0.1, 0.15) is 0 Å². The van der Waals surface area contributed by atoms with Crippen LogP contribution in [0, 0.1) is 0 Å². The molecule has 0 aromatic carbocycles. The molecule has 3 aliphatic rings. The van der Waals surface area contributed by atoms with Crippen molar-refractivity contribution in [3.05, 3.63) is 12.2 Å². The zero-order valence-electron chi connectivity index (χ0n) is 11.2. The van der Waals surface area contributed by atoms with E-state index in [-0.39, 0.29) is 30.0 Å². The number of hydrogen-bond acceptors (Lipinski definition) is 4. The lowest BCUT2D eigenvalue weighted by Gasteiger charge is -2.20. The summed E-state index contributed by atoms with van der Waals surface area (Å²) < 4.78 is 0. The van der Waals surface area contributed by atoms with Gasteiger partial charge < -0.3 is 4.84 Å². The van der Waals surface area contributed by atoms with E-state index >= 15 is 0 Å². The fraction of sp³-hybridized carbons (Fsp3) is 0.615. The van der Waals surface area contributed by atoms with Gasteiger partial charge in [-0.3, -0.25) is 14.5 Å². The van der Waals surface area contributed by atoms with E-state index in [1.54, 1.807) is 0 Å². The Balaban J connectivity index is 0.000000163. The summed E-state index contributed by atoms with van der Waals surface area (Å²) in [4.78, 5) is 38.2. The van der Waals surface area contributed by atoms with E-state index in [2.05, 4.69) is 4.84 Å². The van der Waals surface area contributed by atoms with Crippen LogP contribution in [0.5, 0.6) is 0 Å². The molecule has 1 saturated heterocycles. The van der Waals surface area contributed by atoms with Gasteiger partial charge in [-0.1, -0.05) is 12.8 Å². The van der Waals surface area contributed by atoms with Crippen molar-refractivity contribution in [1.29, 1.82) is 0 Å². The Bertz CT molecular complexity index is 406. The first-order chi connectivity index (χ1) is 9.00. The SMILES string of the molecule is CC(C)N1OC1=O.O=C1C=CC(=O)N1C1CCCC1. The first-order valence-electron chi connectivity index (χ1n) is 6.57. The van der Waals surface area contributed by atoms with Crippen molar-refractivity contribution in [1.82, 2.24) is 9.96 Å². The van der Waals surface area contributed by atoms with Crippen molar-refractivity contribution in [2.45, 2.75) is 51.6 Å². The number of amides is 3. The molecule has 1 saturated carbocycles. The van der Waals surface area contributed by atoms with Crippen LogP contribution in [0.25, 0.3) is 0 Å². The van der Waals surface area contributed by atoms with Crippen molar-refractivity contribution in [2.75, 3.05) is 0 Å². The number of rotatable bonds is 2. The maximum Gasteiger partial charge on any atom is 0.468 e. The van der Waals surface area contributed by atoms with Gasteiger partial charge in [0.15, 0.2) is 0 Å². The lowest BCUT2D eigenvalue weighted by molar-refractivity contribution is -0.139. The summed E-state index contributed by atoms with van der Waals surface area (Å²) in [5.74, 6) is -0.265. The molecule has 2 aliphatic heterocycles. The van der Waals surface area contributed by atoms with Gasteiger partial charge in [0.05, 0.1) is 6.04 Å². The fourth-order valence-electron chi connectivity index (χ4n) is 2.31. The summed E-state index contributed by atoms with van der Waals surface area (Å²) in [6.45, 7) is 3.79. The standard InChI is InChI=1S/C9H11NO2.C4H7NO2/c11-8-5-6-9(12)10(8)7-3-1-2-4-7;1-3(2)5-4(6)7-5/h5-7H,1-4H2;3H,1-2H3. The third-order valence-corrected chi connectivity index (χ3v) is 3.33. The van der Waals surface area contributed by atoms with Crippen LogP contribution in [0.2, 0.25) is 0 Å². The Morgan fingerprint density at radius 3 is 1.89 bits per heavy atom. The smallest absolute Gasteiger partial charge is 0.313 e. The highest BCUT2D eigenvalue weighted by Gasteiger charge is 2.36. The molecule has 0 N–H and O–H groups in total. The summed E-state index contributed by atoms with van der Waals surface area (Å²) in [6, 6.07) is 0.382. The largest absolute Gasteiger partial charge is 0.468 e. The van der Waals surface area contributed by atoms with Crippen LogP contribution in [-0.2, 0) is 14.4 Å².